The van der Waals surface area contributed by atoms with Crippen molar-refractivity contribution in [3.05, 3.63) is 81.7 Å². The van der Waals surface area contributed by atoms with Crippen LogP contribution in [0.5, 0.6) is 5.75 Å². The van der Waals surface area contributed by atoms with E-state index in [0.717, 1.165) is 50.5 Å². The molecule has 0 aliphatic heterocycles. The van der Waals surface area contributed by atoms with Crippen LogP contribution in [0.15, 0.2) is 42.5 Å². The van der Waals surface area contributed by atoms with Crippen LogP contribution in [0.3, 0.4) is 0 Å². The number of aryl methyl sites for hydroxylation is 5. The molecule has 4 rings (SSSR count). The third kappa shape index (κ3) is 6.98. The maximum Gasteiger partial charge on any atom is 0.308 e. The molecule has 0 saturated carbocycles. The van der Waals surface area contributed by atoms with Crippen molar-refractivity contribution in [1.29, 1.82) is 0 Å². The van der Waals surface area contributed by atoms with Gasteiger partial charge in [0.05, 0.1) is 36.6 Å². The first kappa shape index (κ1) is 30.8. The molecule has 0 unspecified atom stereocenters. The number of rotatable bonds is 11. The number of pyridine rings is 1. The average molecular weight is 571 g/mol. The second-order valence-corrected chi connectivity index (χ2v) is 11.1. The van der Waals surface area contributed by atoms with Crippen molar-refractivity contribution in [2.45, 2.75) is 86.8 Å². The lowest BCUT2D eigenvalue weighted by Crippen LogP contribution is -2.31. The van der Waals surface area contributed by atoms with Gasteiger partial charge in [0.15, 0.2) is 5.65 Å². The van der Waals surface area contributed by atoms with Crippen LogP contribution < -0.4 is 10.1 Å². The van der Waals surface area contributed by atoms with E-state index in [4.69, 9.17) is 19.6 Å². The van der Waals surface area contributed by atoms with Gasteiger partial charge in [-0.1, -0.05) is 18.2 Å². The lowest BCUT2D eigenvalue weighted by atomic mass is 9.98. The van der Waals surface area contributed by atoms with Gasteiger partial charge in [0.1, 0.15) is 5.75 Å². The summed E-state index contributed by atoms with van der Waals surface area (Å²) < 4.78 is 12.8. The van der Waals surface area contributed by atoms with E-state index in [9.17, 15) is 9.59 Å². The zero-order chi connectivity index (χ0) is 30.6. The van der Waals surface area contributed by atoms with Crippen LogP contribution >= 0.6 is 0 Å². The van der Waals surface area contributed by atoms with Crippen LogP contribution in [-0.4, -0.2) is 39.4 Å². The van der Waals surface area contributed by atoms with Gasteiger partial charge in [-0.25, -0.2) is 9.67 Å². The van der Waals surface area contributed by atoms with Crippen LogP contribution in [0.1, 0.15) is 78.9 Å². The predicted octanol–water partition coefficient (Wildman–Crippen LogP) is 6.49. The van der Waals surface area contributed by atoms with E-state index < -0.39 is 6.04 Å². The predicted molar refractivity (Wildman–Crippen MR) is 165 cm³/mol. The largest absolute Gasteiger partial charge is 0.491 e. The molecule has 2 aromatic heterocycles. The first-order valence-electron chi connectivity index (χ1n) is 14.6. The van der Waals surface area contributed by atoms with Gasteiger partial charge >= 0.3 is 5.97 Å². The number of amides is 1. The Balaban J connectivity index is 1.54. The van der Waals surface area contributed by atoms with Crippen molar-refractivity contribution in [3.63, 3.8) is 0 Å². The molecular formula is C34H42N4O4. The number of benzene rings is 2. The molecule has 8 heteroatoms. The quantitative estimate of drug-likeness (QED) is 0.207. The minimum absolute atomic E-state index is 0.0480. The smallest absolute Gasteiger partial charge is 0.308 e. The Kier molecular flexibility index (Phi) is 9.66. The van der Waals surface area contributed by atoms with E-state index >= 15 is 0 Å². The summed E-state index contributed by atoms with van der Waals surface area (Å²) >= 11 is 0. The van der Waals surface area contributed by atoms with Crippen LogP contribution in [0.2, 0.25) is 0 Å². The van der Waals surface area contributed by atoms with Crippen LogP contribution in [-0.2, 0) is 20.7 Å². The zero-order valence-corrected chi connectivity index (χ0v) is 26.0. The number of hydrogen-bond donors (Lipinski definition) is 1. The standard InChI is InChI=1S/C34H42N4O4/c1-9-41-32(40)19-30(26-11-14-28(15-12-26)42-20(2)3)36-31(39)17-16-29-23(6)33-25(8)37-38(34(33)35-24(29)7)27-13-10-21(4)22(5)18-27/h10-15,18,20,30H,9,16-17,19H2,1-8H3,(H,36,39)/t30-/m1/s1. The number of hydrogen-bond acceptors (Lipinski definition) is 6. The summed E-state index contributed by atoms with van der Waals surface area (Å²) in [4.78, 5) is 30.6. The number of esters is 1. The Labute approximate surface area is 248 Å². The SMILES string of the molecule is CCOC(=O)C[C@@H](NC(=O)CCc1c(C)nc2c(c(C)nn2-c2ccc(C)c(C)c2)c1C)c1ccc(OC(C)C)cc1. The molecule has 4 aromatic rings. The van der Waals surface area contributed by atoms with Gasteiger partial charge in [0.25, 0.3) is 0 Å². The summed E-state index contributed by atoms with van der Waals surface area (Å²) in [6, 6.07) is 13.3. The van der Waals surface area contributed by atoms with Crippen molar-refractivity contribution >= 4 is 22.9 Å². The second kappa shape index (κ2) is 13.2. The van der Waals surface area contributed by atoms with Crippen molar-refractivity contribution in [2.75, 3.05) is 6.61 Å². The molecular weight excluding hydrogens is 528 g/mol. The highest BCUT2D eigenvalue weighted by Gasteiger charge is 2.22. The highest BCUT2D eigenvalue weighted by atomic mass is 16.5. The number of carbonyl (C=O) groups is 2. The minimum atomic E-state index is -0.508. The van der Waals surface area contributed by atoms with Gasteiger partial charge in [-0.2, -0.15) is 5.10 Å². The second-order valence-electron chi connectivity index (χ2n) is 11.1. The van der Waals surface area contributed by atoms with Crippen molar-refractivity contribution in [2.24, 2.45) is 0 Å². The number of nitrogens with one attached hydrogen (secondary N) is 1. The number of carbonyl (C=O) groups excluding carboxylic acids is 2. The van der Waals surface area contributed by atoms with Gasteiger partial charge in [0, 0.05) is 17.5 Å². The molecule has 0 spiro atoms. The summed E-state index contributed by atoms with van der Waals surface area (Å²) in [6.07, 6.45) is 0.879. The van der Waals surface area contributed by atoms with Crippen molar-refractivity contribution in [3.8, 4) is 11.4 Å². The first-order chi connectivity index (χ1) is 20.0. The van der Waals surface area contributed by atoms with E-state index in [2.05, 4.69) is 44.3 Å². The van der Waals surface area contributed by atoms with Crippen LogP contribution in [0.25, 0.3) is 16.7 Å². The molecule has 0 bridgehead atoms. The molecule has 42 heavy (non-hydrogen) atoms. The maximum atomic E-state index is 13.2. The molecule has 1 N–H and O–H groups in total. The summed E-state index contributed by atoms with van der Waals surface area (Å²) in [5.74, 6) is 0.232. The van der Waals surface area contributed by atoms with E-state index in [1.54, 1.807) is 6.92 Å². The lowest BCUT2D eigenvalue weighted by Gasteiger charge is -2.20. The molecule has 8 nitrogen and oxygen atoms in total. The Morgan fingerprint density at radius 3 is 2.31 bits per heavy atom. The summed E-state index contributed by atoms with van der Waals surface area (Å²) in [5, 5.41) is 8.90. The highest BCUT2D eigenvalue weighted by Crippen LogP contribution is 2.29. The van der Waals surface area contributed by atoms with E-state index in [1.807, 2.05) is 56.6 Å². The summed E-state index contributed by atoms with van der Waals surface area (Å²) in [5.41, 5.74) is 8.95. The molecule has 0 saturated heterocycles. The first-order valence-corrected chi connectivity index (χ1v) is 14.6. The number of fused-ring (bicyclic) bond motifs is 1. The molecule has 1 atom stereocenters. The minimum Gasteiger partial charge on any atom is -0.491 e. The molecule has 0 radical (unpaired) electrons. The summed E-state index contributed by atoms with van der Waals surface area (Å²) in [6.45, 7) is 16.2. The summed E-state index contributed by atoms with van der Waals surface area (Å²) in [7, 11) is 0. The highest BCUT2D eigenvalue weighted by molar-refractivity contribution is 5.85. The maximum absolute atomic E-state index is 13.2. The number of ether oxygens (including phenoxy) is 2. The van der Waals surface area contributed by atoms with Crippen LogP contribution in [0.4, 0.5) is 0 Å². The van der Waals surface area contributed by atoms with Gasteiger partial charge in [0.2, 0.25) is 5.91 Å². The fraction of sp³-hybridized carbons (Fsp3) is 0.412. The van der Waals surface area contributed by atoms with E-state index in [1.165, 1.54) is 11.1 Å². The molecule has 0 fully saturated rings. The topological polar surface area (TPSA) is 95.3 Å². The Morgan fingerprint density at radius 2 is 1.67 bits per heavy atom. The zero-order valence-electron chi connectivity index (χ0n) is 26.0. The molecule has 2 heterocycles. The van der Waals surface area contributed by atoms with E-state index in [0.29, 0.717) is 6.42 Å². The normalized spacial score (nSPS) is 12.0. The molecule has 2 aromatic carbocycles. The third-order valence-electron chi connectivity index (χ3n) is 7.58. The van der Waals surface area contributed by atoms with Gasteiger partial charge in [-0.15, -0.1) is 0 Å². The van der Waals surface area contributed by atoms with Gasteiger partial charge in [-0.05, 0) is 114 Å². The number of aromatic nitrogens is 3. The third-order valence-corrected chi connectivity index (χ3v) is 7.58. The average Bonchev–Trinajstić information content (AvgIpc) is 3.25. The lowest BCUT2D eigenvalue weighted by molar-refractivity contribution is -0.143. The van der Waals surface area contributed by atoms with Crippen molar-refractivity contribution in [1.82, 2.24) is 20.1 Å². The Morgan fingerprint density at radius 1 is 0.952 bits per heavy atom. The number of nitrogens with zero attached hydrogens (tertiary/aromatic N) is 3. The van der Waals surface area contributed by atoms with Crippen molar-refractivity contribution < 1.29 is 19.1 Å². The molecule has 0 aliphatic carbocycles. The van der Waals surface area contributed by atoms with Crippen LogP contribution in [0, 0.1) is 34.6 Å². The van der Waals surface area contributed by atoms with E-state index in [-0.39, 0.29) is 37.4 Å². The Hall–Kier alpha value is -4.20. The monoisotopic (exact) mass is 570 g/mol. The fourth-order valence-corrected chi connectivity index (χ4v) is 5.31. The molecule has 0 aliphatic rings. The van der Waals surface area contributed by atoms with Gasteiger partial charge < -0.3 is 14.8 Å². The molecule has 222 valence electrons. The van der Waals surface area contributed by atoms with Gasteiger partial charge in [-0.3, -0.25) is 9.59 Å². The molecule has 1 amide bonds. The fourth-order valence-electron chi connectivity index (χ4n) is 5.31. The Bertz CT molecular complexity index is 1590.